The number of carbonyl (C=O) groups is 2. The molecule has 4 nitrogen and oxygen atoms in total. The second-order valence-electron chi connectivity index (χ2n) is 3.65. The molecule has 0 aromatic heterocycles. The molecule has 0 spiro atoms. The van der Waals surface area contributed by atoms with Crippen LogP contribution in [0.3, 0.4) is 0 Å². The lowest BCUT2D eigenvalue weighted by Crippen LogP contribution is -2.31. The normalized spacial score (nSPS) is 24.4. The van der Waals surface area contributed by atoms with Gasteiger partial charge < -0.3 is 9.47 Å². The van der Waals surface area contributed by atoms with Crippen molar-refractivity contribution in [2.24, 2.45) is 11.8 Å². The Morgan fingerprint density at radius 3 is 2.38 bits per heavy atom. The Labute approximate surface area is 94.9 Å². The minimum Gasteiger partial charge on any atom is -0.469 e. The van der Waals surface area contributed by atoms with Crippen LogP contribution in [0.5, 0.6) is 0 Å². The van der Waals surface area contributed by atoms with Crippen molar-refractivity contribution < 1.29 is 19.1 Å². The molecule has 0 fully saturated rings. The van der Waals surface area contributed by atoms with E-state index in [0.29, 0.717) is 19.3 Å². The molecule has 2 unspecified atom stereocenters. The fourth-order valence-electron chi connectivity index (χ4n) is 1.84. The first-order chi connectivity index (χ1) is 7.70. The first kappa shape index (κ1) is 12.5. The van der Waals surface area contributed by atoms with E-state index in [1.807, 2.05) is 6.08 Å². The van der Waals surface area contributed by atoms with Gasteiger partial charge in [0.05, 0.1) is 26.1 Å². The number of esters is 2. The van der Waals surface area contributed by atoms with E-state index in [1.165, 1.54) is 14.2 Å². The largest absolute Gasteiger partial charge is 0.469 e. The van der Waals surface area contributed by atoms with Crippen molar-refractivity contribution in [1.82, 2.24) is 0 Å². The molecule has 0 N–H and O–H groups in total. The van der Waals surface area contributed by atoms with Gasteiger partial charge in [-0.2, -0.15) is 0 Å². The summed E-state index contributed by atoms with van der Waals surface area (Å²) in [7, 11) is 2.66. The molecule has 0 radical (unpaired) electrons. The quantitative estimate of drug-likeness (QED) is 0.526. The summed E-state index contributed by atoms with van der Waals surface area (Å²) in [5.74, 6) is -1.60. The lowest BCUT2D eigenvalue weighted by atomic mass is 9.85. The second kappa shape index (κ2) is 6.13. The van der Waals surface area contributed by atoms with Gasteiger partial charge in [0.25, 0.3) is 0 Å². The van der Waals surface area contributed by atoms with E-state index in [2.05, 4.69) is 5.73 Å². The summed E-state index contributed by atoms with van der Waals surface area (Å²) in [6, 6.07) is 0. The third-order valence-electron chi connectivity index (χ3n) is 2.72. The predicted octanol–water partition coefficient (Wildman–Crippen LogP) is 1.46. The molecular formula is C12H16O4. The number of ether oxygens (including phenoxy) is 2. The third kappa shape index (κ3) is 2.97. The van der Waals surface area contributed by atoms with E-state index in [-0.39, 0.29) is 11.9 Å². The Balaban J connectivity index is 2.88. The highest BCUT2D eigenvalue weighted by Gasteiger charge is 2.34. The summed E-state index contributed by atoms with van der Waals surface area (Å²) in [5.41, 5.74) is 2.96. The van der Waals surface area contributed by atoms with Gasteiger partial charge in [-0.15, -0.1) is 5.73 Å². The molecule has 1 aliphatic rings. The molecule has 0 heterocycles. The maximum Gasteiger partial charge on any atom is 0.309 e. The zero-order valence-corrected chi connectivity index (χ0v) is 9.56. The van der Waals surface area contributed by atoms with Crippen LogP contribution < -0.4 is 0 Å². The van der Waals surface area contributed by atoms with Crippen molar-refractivity contribution >= 4 is 11.9 Å². The summed E-state index contributed by atoms with van der Waals surface area (Å²) in [6.07, 6.45) is 5.39. The smallest absolute Gasteiger partial charge is 0.309 e. The van der Waals surface area contributed by atoms with Crippen LogP contribution in [-0.2, 0) is 19.1 Å². The molecule has 0 bridgehead atoms. The number of hydrogen-bond donors (Lipinski definition) is 0. The van der Waals surface area contributed by atoms with Crippen molar-refractivity contribution in [1.29, 1.82) is 0 Å². The van der Waals surface area contributed by atoms with E-state index in [4.69, 9.17) is 9.47 Å². The average Bonchev–Trinajstić information content (AvgIpc) is 2.27. The molecule has 0 aliphatic heterocycles. The first-order valence-corrected chi connectivity index (χ1v) is 5.25. The topological polar surface area (TPSA) is 52.6 Å². The molecule has 0 amide bonds. The summed E-state index contributed by atoms with van der Waals surface area (Å²) in [6.45, 7) is 0. The van der Waals surface area contributed by atoms with Gasteiger partial charge >= 0.3 is 11.9 Å². The first-order valence-electron chi connectivity index (χ1n) is 5.25. The molecule has 2 atom stereocenters. The van der Waals surface area contributed by atoms with Gasteiger partial charge in [-0.05, 0) is 31.4 Å². The maximum absolute atomic E-state index is 11.6. The number of carbonyl (C=O) groups excluding carboxylic acids is 2. The molecule has 1 aliphatic carbocycles. The summed E-state index contributed by atoms with van der Waals surface area (Å²) < 4.78 is 9.42. The lowest BCUT2D eigenvalue weighted by Gasteiger charge is -2.22. The fraction of sp³-hybridized carbons (Fsp3) is 0.583. The molecule has 88 valence electrons. The van der Waals surface area contributed by atoms with E-state index in [9.17, 15) is 9.59 Å². The minimum atomic E-state index is -0.460. The summed E-state index contributed by atoms with van der Waals surface area (Å²) in [4.78, 5) is 23.2. The van der Waals surface area contributed by atoms with Gasteiger partial charge in [0.2, 0.25) is 0 Å². The highest BCUT2D eigenvalue weighted by atomic mass is 16.5. The van der Waals surface area contributed by atoms with Crippen molar-refractivity contribution in [2.45, 2.75) is 19.3 Å². The number of allylic oxidation sites excluding steroid dienone is 1. The Hall–Kier alpha value is -1.54. The molecule has 0 saturated carbocycles. The molecular weight excluding hydrogens is 208 g/mol. The number of rotatable bonds is 2. The van der Waals surface area contributed by atoms with Gasteiger partial charge in [0.15, 0.2) is 0 Å². The Morgan fingerprint density at radius 1 is 1.12 bits per heavy atom. The van der Waals surface area contributed by atoms with Crippen LogP contribution in [0.25, 0.3) is 0 Å². The Kier molecular flexibility index (Phi) is 4.80. The highest BCUT2D eigenvalue weighted by Crippen LogP contribution is 2.25. The minimum absolute atomic E-state index is 0.348. The number of hydrogen-bond acceptors (Lipinski definition) is 4. The van der Waals surface area contributed by atoms with Crippen molar-refractivity contribution in [3.63, 3.8) is 0 Å². The standard InChI is InChI=1S/C12H16O4/c1-15-11(13)9-7-5-3-4-6-8-10(9)12(14)16-2/h3,6,9-10H,5,7-8H2,1-2H3. The van der Waals surface area contributed by atoms with Crippen LogP contribution in [0.2, 0.25) is 0 Å². The molecule has 1 rings (SSSR count). The fourth-order valence-corrected chi connectivity index (χ4v) is 1.84. The molecule has 16 heavy (non-hydrogen) atoms. The van der Waals surface area contributed by atoms with E-state index in [1.54, 1.807) is 6.08 Å². The second-order valence-corrected chi connectivity index (χ2v) is 3.65. The zero-order chi connectivity index (χ0) is 12.0. The van der Waals surface area contributed by atoms with Gasteiger partial charge in [0.1, 0.15) is 0 Å². The lowest BCUT2D eigenvalue weighted by molar-refractivity contribution is -0.157. The highest BCUT2D eigenvalue weighted by molar-refractivity contribution is 5.82. The molecule has 4 heteroatoms. The summed E-state index contributed by atoms with van der Waals surface area (Å²) in [5, 5.41) is 0. The van der Waals surface area contributed by atoms with Crippen LogP contribution in [0.1, 0.15) is 19.3 Å². The van der Waals surface area contributed by atoms with E-state index in [0.717, 1.165) is 0 Å². The van der Waals surface area contributed by atoms with Crippen LogP contribution in [0.15, 0.2) is 17.9 Å². The monoisotopic (exact) mass is 224 g/mol. The van der Waals surface area contributed by atoms with Crippen molar-refractivity contribution in [3.05, 3.63) is 17.9 Å². The van der Waals surface area contributed by atoms with Crippen LogP contribution in [-0.4, -0.2) is 26.2 Å². The Morgan fingerprint density at radius 2 is 1.75 bits per heavy atom. The van der Waals surface area contributed by atoms with Crippen molar-refractivity contribution in [3.8, 4) is 0 Å². The van der Waals surface area contributed by atoms with E-state index < -0.39 is 11.8 Å². The van der Waals surface area contributed by atoms with Gasteiger partial charge in [-0.1, -0.05) is 0 Å². The van der Waals surface area contributed by atoms with Gasteiger partial charge in [-0.25, -0.2) is 0 Å². The van der Waals surface area contributed by atoms with Crippen molar-refractivity contribution in [2.75, 3.05) is 14.2 Å². The van der Waals surface area contributed by atoms with Crippen LogP contribution in [0, 0.1) is 11.8 Å². The number of methoxy groups -OCH3 is 2. The van der Waals surface area contributed by atoms with E-state index >= 15 is 0 Å². The SMILES string of the molecule is COC(=O)C1CC=C=CCCC1C(=O)OC. The third-order valence-corrected chi connectivity index (χ3v) is 2.72. The molecule has 0 aromatic carbocycles. The Bertz CT molecular complexity index is 326. The maximum atomic E-state index is 11.6. The predicted molar refractivity (Wildman–Crippen MR) is 57.5 cm³/mol. The molecule has 0 saturated heterocycles. The van der Waals surface area contributed by atoms with Crippen LogP contribution >= 0.6 is 0 Å². The average molecular weight is 224 g/mol. The van der Waals surface area contributed by atoms with Gasteiger partial charge in [0, 0.05) is 0 Å². The van der Waals surface area contributed by atoms with Gasteiger partial charge in [-0.3, -0.25) is 9.59 Å². The molecule has 0 aromatic rings. The van der Waals surface area contributed by atoms with Crippen LogP contribution in [0.4, 0.5) is 0 Å². The zero-order valence-electron chi connectivity index (χ0n) is 9.56. The summed E-state index contributed by atoms with van der Waals surface area (Å²) >= 11 is 0.